The quantitative estimate of drug-likeness (QED) is 0.495. The molecule has 1 heterocycles. The summed E-state index contributed by atoms with van der Waals surface area (Å²) in [5, 5.41) is 10.5. The average molecular weight is 394 g/mol. The molecule has 5 nitrogen and oxygen atoms in total. The summed E-state index contributed by atoms with van der Waals surface area (Å²) in [5.74, 6) is -1.83. The van der Waals surface area contributed by atoms with Crippen LogP contribution in [0.15, 0.2) is 0 Å². The van der Waals surface area contributed by atoms with Gasteiger partial charge >= 0.3 is 0 Å². The fourth-order valence-electron chi connectivity index (χ4n) is 3.83. The molecule has 1 aliphatic heterocycles. The van der Waals surface area contributed by atoms with Gasteiger partial charge in [0.05, 0.1) is 11.8 Å². The number of carbonyl (C=O) groups is 3. The minimum Gasteiger partial charge on any atom is -0.550 e. The smallest absolute Gasteiger partial charge is 0.233 e. The van der Waals surface area contributed by atoms with Gasteiger partial charge in [-0.25, -0.2) is 0 Å². The molecule has 3 fully saturated rings. The van der Waals surface area contributed by atoms with Crippen LogP contribution in [0.4, 0.5) is 0 Å². The standard InChI is InChI=1S/C12H13Br2NO4/c13-9-4-3-5(10(9)14)8-7(4)11(18)15(12(8)19)2-1-6(16)17/h4-5,7-10H,1-3H2,(H,16,17)/p-1/t4-,5+,7+,8-,9-,10-/m0/s1. The maximum absolute atomic E-state index is 12.3. The SMILES string of the molecule is O=C([O-])CCN1C(=O)[C@@H]2[C@@H]3C[C@@H]([C@H](Br)[C@H]3Br)[C@@H]2C1=O. The van der Waals surface area contributed by atoms with Gasteiger partial charge in [0.25, 0.3) is 0 Å². The number of hydrogen-bond acceptors (Lipinski definition) is 4. The number of carboxylic acids is 1. The molecule has 104 valence electrons. The van der Waals surface area contributed by atoms with Crippen LogP contribution in [0.1, 0.15) is 12.8 Å². The Morgan fingerprint density at radius 2 is 1.63 bits per heavy atom. The molecule has 0 N–H and O–H groups in total. The Labute approximate surface area is 127 Å². The molecule has 2 saturated carbocycles. The summed E-state index contributed by atoms with van der Waals surface area (Å²) in [7, 11) is 0. The van der Waals surface area contributed by atoms with E-state index in [1.165, 1.54) is 0 Å². The molecule has 2 aliphatic carbocycles. The summed E-state index contributed by atoms with van der Waals surface area (Å²) >= 11 is 7.19. The van der Waals surface area contributed by atoms with E-state index in [2.05, 4.69) is 31.9 Å². The summed E-state index contributed by atoms with van der Waals surface area (Å²) in [6.45, 7) is -0.0632. The van der Waals surface area contributed by atoms with E-state index in [0.29, 0.717) is 0 Å². The molecule has 0 radical (unpaired) electrons. The Morgan fingerprint density at radius 3 is 2.05 bits per heavy atom. The second kappa shape index (κ2) is 4.55. The highest BCUT2D eigenvalue weighted by atomic mass is 79.9. The Kier molecular flexibility index (Phi) is 3.24. The molecule has 2 amide bonds. The number of fused-ring (bicyclic) bond motifs is 5. The predicted octanol–water partition coefficient (Wildman–Crippen LogP) is -0.0957. The summed E-state index contributed by atoms with van der Waals surface area (Å²) in [5.41, 5.74) is 0. The van der Waals surface area contributed by atoms with Crippen molar-refractivity contribution in [3.05, 3.63) is 0 Å². The minimum atomic E-state index is -1.24. The van der Waals surface area contributed by atoms with Gasteiger partial charge in [0, 0.05) is 28.6 Å². The van der Waals surface area contributed by atoms with E-state index >= 15 is 0 Å². The van der Waals surface area contributed by atoms with E-state index in [-0.39, 0.29) is 58.1 Å². The van der Waals surface area contributed by atoms with Crippen molar-refractivity contribution in [1.82, 2.24) is 4.90 Å². The van der Waals surface area contributed by atoms with Gasteiger partial charge in [-0.05, 0) is 18.3 Å². The molecule has 0 aromatic heterocycles. The van der Waals surface area contributed by atoms with Gasteiger partial charge in [0.15, 0.2) is 0 Å². The van der Waals surface area contributed by atoms with Crippen LogP contribution in [0, 0.1) is 23.7 Å². The maximum Gasteiger partial charge on any atom is 0.233 e. The average Bonchev–Trinajstić information content (AvgIpc) is 2.93. The molecule has 7 heteroatoms. The van der Waals surface area contributed by atoms with E-state index in [0.717, 1.165) is 11.3 Å². The van der Waals surface area contributed by atoms with Gasteiger partial charge in [-0.3, -0.25) is 14.5 Å². The lowest BCUT2D eigenvalue weighted by Gasteiger charge is -2.28. The number of alkyl halides is 2. The monoisotopic (exact) mass is 392 g/mol. The van der Waals surface area contributed by atoms with Crippen LogP contribution in [0.25, 0.3) is 0 Å². The molecule has 2 bridgehead atoms. The minimum absolute atomic E-state index is 0.0632. The lowest BCUT2D eigenvalue weighted by molar-refractivity contribution is -0.305. The number of rotatable bonds is 3. The van der Waals surface area contributed by atoms with Gasteiger partial charge in [0.1, 0.15) is 0 Å². The topological polar surface area (TPSA) is 77.5 Å². The lowest BCUT2D eigenvalue weighted by atomic mass is 9.81. The third-order valence-electron chi connectivity index (χ3n) is 4.62. The van der Waals surface area contributed by atoms with E-state index in [1.54, 1.807) is 0 Å². The van der Waals surface area contributed by atoms with Crippen molar-refractivity contribution >= 4 is 49.6 Å². The summed E-state index contributed by atoms with van der Waals surface area (Å²) in [4.78, 5) is 36.6. The molecular weight excluding hydrogens is 382 g/mol. The molecule has 6 atom stereocenters. The second-order valence-corrected chi connectivity index (χ2v) is 7.57. The maximum atomic E-state index is 12.3. The number of nitrogens with zero attached hydrogens (tertiary/aromatic N) is 1. The van der Waals surface area contributed by atoms with Crippen molar-refractivity contribution in [2.45, 2.75) is 22.5 Å². The van der Waals surface area contributed by atoms with Crippen LogP contribution in [-0.2, 0) is 14.4 Å². The number of hydrogen-bond donors (Lipinski definition) is 0. The van der Waals surface area contributed by atoms with Crippen LogP contribution in [0.5, 0.6) is 0 Å². The molecular formula is C12H12Br2NO4-. The number of aliphatic carboxylic acids is 1. The number of carboxylic acid groups (broad SMARTS) is 1. The molecule has 0 aromatic rings. The highest BCUT2D eigenvalue weighted by Gasteiger charge is 2.66. The zero-order valence-electron chi connectivity index (χ0n) is 9.92. The zero-order valence-corrected chi connectivity index (χ0v) is 13.1. The van der Waals surface area contributed by atoms with Gasteiger partial charge in [-0.1, -0.05) is 31.9 Å². The van der Waals surface area contributed by atoms with Gasteiger partial charge in [-0.15, -0.1) is 0 Å². The van der Waals surface area contributed by atoms with Crippen molar-refractivity contribution in [3.63, 3.8) is 0 Å². The number of imide groups is 1. The number of carbonyl (C=O) groups excluding carboxylic acids is 3. The highest BCUT2D eigenvalue weighted by molar-refractivity contribution is 9.12. The first kappa shape index (κ1) is 13.5. The number of likely N-dealkylation sites (tertiary alicyclic amines) is 1. The third kappa shape index (κ3) is 1.81. The van der Waals surface area contributed by atoms with E-state index < -0.39 is 5.97 Å². The molecule has 0 spiro atoms. The van der Waals surface area contributed by atoms with Crippen LogP contribution in [0.2, 0.25) is 0 Å². The van der Waals surface area contributed by atoms with Gasteiger partial charge < -0.3 is 9.90 Å². The molecule has 0 unspecified atom stereocenters. The molecule has 0 aromatic carbocycles. The van der Waals surface area contributed by atoms with Crippen molar-refractivity contribution < 1.29 is 19.5 Å². The first-order chi connectivity index (χ1) is 8.93. The van der Waals surface area contributed by atoms with E-state index in [9.17, 15) is 19.5 Å². The summed E-state index contributed by atoms with van der Waals surface area (Å²) in [6.07, 6.45) is 0.592. The van der Waals surface area contributed by atoms with E-state index in [1.807, 2.05) is 0 Å². The van der Waals surface area contributed by atoms with Crippen LogP contribution >= 0.6 is 31.9 Å². The van der Waals surface area contributed by atoms with Crippen molar-refractivity contribution in [1.29, 1.82) is 0 Å². The van der Waals surface area contributed by atoms with Crippen LogP contribution in [-0.4, -0.2) is 38.9 Å². The Morgan fingerprint density at radius 1 is 1.16 bits per heavy atom. The van der Waals surface area contributed by atoms with Crippen LogP contribution < -0.4 is 5.11 Å². The summed E-state index contributed by atoms with van der Waals surface area (Å²) in [6, 6.07) is 0. The van der Waals surface area contributed by atoms with Crippen molar-refractivity contribution in [2.24, 2.45) is 23.7 Å². The first-order valence-corrected chi connectivity index (χ1v) is 8.10. The third-order valence-corrected chi connectivity index (χ3v) is 7.82. The highest BCUT2D eigenvalue weighted by Crippen LogP contribution is 2.60. The largest absolute Gasteiger partial charge is 0.550 e. The summed E-state index contributed by atoms with van der Waals surface area (Å²) < 4.78 is 0. The molecule has 3 rings (SSSR count). The lowest BCUT2D eigenvalue weighted by Crippen LogP contribution is -2.37. The van der Waals surface area contributed by atoms with Crippen molar-refractivity contribution in [2.75, 3.05) is 6.54 Å². The number of halogens is 2. The molecule has 3 aliphatic rings. The van der Waals surface area contributed by atoms with Crippen molar-refractivity contribution in [3.8, 4) is 0 Å². The fraction of sp³-hybridized carbons (Fsp3) is 0.750. The number of amides is 2. The van der Waals surface area contributed by atoms with Crippen LogP contribution in [0.3, 0.4) is 0 Å². The fourth-order valence-corrected chi connectivity index (χ4v) is 5.71. The Bertz CT molecular complexity index is 437. The second-order valence-electron chi connectivity index (χ2n) is 5.45. The van der Waals surface area contributed by atoms with Gasteiger partial charge in [0.2, 0.25) is 11.8 Å². The Balaban J connectivity index is 1.83. The first-order valence-electron chi connectivity index (χ1n) is 6.26. The normalized spacial score (nSPS) is 44.0. The predicted molar refractivity (Wildman–Crippen MR) is 70.4 cm³/mol. The zero-order chi connectivity index (χ0) is 13.9. The van der Waals surface area contributed by atoms with Gasteiger partial charge in [-0.2, -0.15) is 0 Å². The van der Waals surface area contributed by atoms with E-state index in [4.69, 9.17) is 0 Å². The molecule has 1 saturated heterocycles. The molecule has 19 heavy (non-hydrogen) atoms. The Hall–Kier alpha value is -0.430.